The largest absolute Gasteiger partial charge is 0.573 e. The third kappa shape index (κ3) is 4.85. The second kappa shape index (κ2) is 8.77. The summed E-state index contributed by atoms with van der Waals surface area (Å²) in [5, 5.41) is 16.7. The second-order valence-corrected chi connectivity index (χ2v) is 8.01. The third-order valence-electron chi connectivity index (χ3n) is 5.58. The van der Waals surface area contributed by atoms with Crippen molar-refractivity contribution in [1.29, 1.82) is 0 Å². The number of anilines is 1. The summed E-state index contributed by atoms with van der Waals surface area (Å²) in [6.07, 6.45) is -3.13. The maximum atomic E-state index is 13.3. The van der Waals surface area contributed by atoms with Crippen LogP contribution in [0.5, 0.6) is 11.5 Å². The average molecular weight is 473 g/mol. The number of aromatic hydroxyl groups is 1. The van der Waals surface area contributed by atoms with E-state index in [-0.39, 0.29) is 24.1 Å². The number of carbonyl (C=O) groups excluding carboxylic acids is 1. The van der Waals surface area contributed by atoms with Crippen LogP contribution in [0.15, 0.2) is 53.2 Å². The Morgan fingerprint density at radius 2 is 2.00 bits per heavy atom. The summed E-state index contributed by atoms with van der Waals surface area (Å²) in [4.78, 5) is 15.1. The second-order valence-electron chi connectivity index (χ2n) is 8.01. The number of nitrogens with zero attached hydrogens (tertiary/aromatic N) is 2. The zero-order valence-electron chi connectivity index (χ0n) is 18.6. The van der Waals surface area contributed by atoms with Gasteiger partial charge in [0, 0.05) is 12.7 Å². The molecule has 1 amide bonds. The number of aryl methyl sites for hydroxylation is 2. The summed E-state index contributed by atoms with van der Waals surface area (Å²) in [6.45, 7) is 5.47. The van der Waals surface area contributed by atoms with Crippen molar-refractivity contribution in [3.8, 4) is 11.5 Å². The molecule has 0 bridgehead atoms. The van der Waals surface area contributed by atoms with E-state index in [9.17, 15) is 23.1 Å². The highest BCUT2D eigenvalue weighted by Crippen LogP contribution is 2.38. The molecule has 1 unspecified atom stereocenters. The van der Waals surface area contributed by atoms with Crippen molar-refractivity contribution in [3.63, 3.8) is 0 Å². The summed E-state index contributed by atoms with van der Waals surface area (Å²) >= 11 is 0. The molecule has 0 aliphatic carbocycles. The molecule has 3 aromatic rings. The quantitative estimate of drug-likeness (QED) is 0.512. The molecule has 7 nitrogen and oxygen atoms in total. The Balaban J connectivity index is 1.68. The number of nitrogens with one attached hydrogen (secondary N) is 1. The summed E-state index contributed by atoms with van der Waals surface area (Å²) in [5.41, 5.74) is 3.22. The Hall–Kier alpha value is -3.95. The number of phenolic OH excluding ortho intramolecular Hbond substituents is 1. The normalized spacial score (nSPS) is 15.5. The molecular weight excluding hydrogens is 451 g/mol. The zero-order chi connectivity index (χ0) is 24.6. The van der Waals surface area contributed by atoms with Gasteiger partial charge in [0.25, 0.3) is 5.91 Å². The molecule has 178 valence electrons. The maximum absolute atomic E-state index is 13.3. The molecule has 1 aromatic heterocycles. The molecule has 0 fully saturated rings. The molecule has 1 aliphatic heterocycles. The van der Waals surface area contributed by atoms with Crippen molar-refractivity contribution in [3.05, 3.63) is 76.8 Å². The first-order valence-corrected chi connectivity index (χ1v) is 10.4. The number of phenols is 1. The zero-order valence-corrected chi connectivity index (χ0v) is 18.6. The SMILES string of the molecule is Cc1noc(C)c1NC(=O)C1=CN(Cc2cccc(OC(F)(F)F)c2)C(C)c2cc(O)ccc21. The number of carbonyl (C=O) groups is 1. The van der Waals surface area contributed by atoms with Gasteiger partial charge >= 0.3 is 6.36 Å². The van der Waals surface area contributed by atoms with E-state index in [1.807, 2.05) is 11.8 Å². The molecule has 2 aromatic carbocycles. The Labute approximate surface area is 193 Å². The molecule has 4 rings (SSSR count). The van der Waals surface area contributed by atoms with Crippen molar-refractivity contribution in [1.82, 2.24) is 10.1 Å². The molecule has 0 radical (unpaired) electrons. The molecule has 34 heavy (non-hydrogen) atoms. The standard InChI is InChI=1S/C24H22F3N3O4/c1-13-22(15(3)34-29-13)28-23(32)21-12-30(14(2)20-10-17(31)7-8-19(20)21)11-16-5-4-6-18(9-16)33-24(25,26)27/h4-10,12,14,31H,11H2,1-3H3,(H,28,32). The summed E-state index contributed by atoms with van der Waals surface area (Å²) in [7, 11) is 0. The highest BCUT2D eigenvalue weighted by molar-refractivity contribution is 6.26. The number of fused-ring (bicyclic) bond motifs is 1. The monoisotopic (exact) mass is 473 g/mol. The van der Waals surface area contributed by atoms with Gasteiger partial charge in [0.05, 0.1) is 11.6 Å². The van der Waals surface area contributed by atoms with Gasteiger partial charge in [0.2, 0.25) is 0 Å². The van der Waals surface area contributed by atoms with E-state index in [0.717, 1.165) is 0 Å². The third-order valence-corrected chi connectivity index (χ3v) is 5.58. The van der Waals surface area contributed by atoms with Crippen molar-refractivity contribution >= 4 is 17.2 Å². The van der Waals surface area contributed by atoms with Crippen LogP contribution < -0.4 is 10.1 Å². The Morgan fingerprint density at radius 3 is 2.68 bits per heavy atom. The van der Waals surface area contributed by atoms with Crippen LogP contribution in [-0.2, 0) is 11.3 Å². The molecule has 1 aliphatic rings. The van der Waals surface area contributed by atoms with E-state index in [0.29, 0.717) is 39.4 Å². The van der Waals surface area contributed by atoms with Gasteiger partial charge in [-0.25, -0.2) is 0 Å². The fourth-order valence-corrected chi connectivity index (χ4v) is 3.92. The summed E-state index contributed by atoms with van der Waals surface area (Å²) in [6, 6.07) is 10.1. The number of hydrogen-bond donors (Lipinski definition) is 2. The number of benzene rings is 2. The predicted molar refractivity (Wildman–Crippen MR) is 118 cm³/mol. The fraction of sp³-hybridized carbons (Fsp3) is 0.250. The van der Waals surface area contributed by atoms with E-state index < -0.39 is 12.3 Å². The van der Waals surface area contributed by atoms with E-state index in [1.54, 1.807) is 38.2 Å². The van der Waals surface area contributed by atoms with Gasteiger partial charge in [-0.2, -0.15) is 0 Å². The number of halogens is 3. The van der Waals surface area contributed by atoms with Crippen LogP contribution in [0.2, 0.25) is 0 Å². The van der Waals surface area contributed by atoms with E-state index in [1.165, 1.54) is 24.3 Å². The lowest BCUT2D eigenvalue weighted by Crippen LogP contribution is -2.29. The number of amides is 1. The smallest absolute Gasteiger partial charge is 0.508 e. The van der Waals surface area contributed by atoms with Crippen LogP contribution in [-0.4, -0.2) is 27.4 Å². The van der Waals surface area contributed by atoms with Crippen LogP contribution >= 0.6 is 0 Å². The Kier molecular flexibility index (Phi) is 5.99. The molecule has 1 atom stereocenters. The number of rotatable bonds is 5. The minimum absolute atomic E-state index is 0.0403. The van der Waals surface area contributed by atoms with Crippen LogP contribution in [0.4, 0.5) is 18.9 Å². The van der Waals surface area contributed by atoms with E-state index >= 15 is 0 Å². The number of hydrogen-bond acceptors (Lipinski definition) is 6. The van der Waals surface area contributed by atoms with E-state index in [4.69, 9.17) is 4.52 Å². The fourth-order valence-electron chi connectivity index (χ4n) is 3.92. The first-order valence-electron chi connectivity index (χ1n) is 10.4. The Morgan fingerprint density at radius 1 is 1.24 bits per heavy atom. The Bertz CT molecular complexity index is 1250. The number of aromatic nitrogens is 1. The molecule has 0 saturated carbocycles. The van der Waals surface area contributed by atoms with Crippen molar-refractivity contribution in [2.24, 2.45) is 0 Å². The van der Waals surface area contributed by atoms with Gasteiger partial charge in [0.1, 0.15) is 22.9 Å². The lowest BCUT2D eigenvalue weighted by molar-refractivity contribution is -0.274. The van der Waals surface area contributed by atoms with Crippen LogP contribution in [0.1, 0.15) is 41.1 Å². The number of alkyl halides is 3. The highest BCUT2D eigenvalue weighted by Gasteiger charge is 2.32. The minimum Gasteiger partial charge on any atom is -0.508 e. The van der Waals surface area contributed by atoms with Crippen molar-refractivity contribution in [2.75, 3.05) is 5.32 Å². The molecule has 10 heteroatoms. The van der Waals surface area contributed by atoms with Gasteiger partial charge in [0.15, 0.2) is 5.76 Å². The van der Waals surface area contributed by atoms with Crippen LogP contribution in [0.25, 0.3) is 5.57 Å². The molecule has 0 spiro atoms. The first-order chi connectivity index (χ1) is 16.0. The first kappa shape index (κ1) is 23.2. The summed E-state index contributed by atoms with van der Waals surface area (Å²) < 4.78 is 47.0. The lowest BCUT2D eigenvalue weighted by Gasteiger charge is -2.35. The van der Waals surface area contributed by atoms with Crippen molar-refractivity contribution in [2.45, 2.75) is 39.7 Å². The molecule has 2 N–H and O–H groups in total. The predicted octanol–water partition coefficient (Wildman–Crippen LogP) is 5.45. The average Bonchev–Trinajstić information content (AvgIpc) is 3.07. The molecule has 2 heterocycles. The lowest BCUT2D eigenvalue weighted by atomic mass is 9.90. The van der Waals surface area contributed by atoms with Gasteiger partial charge in [-0.1, -0.05) is 23.4 Å². The minimum atomic E-state index is -4.79. The highest BCUT2D eigenvalue weighted by atomic mass is 19.4. The van der Waals surface area contributed by atoms with Crippen LogP contribution in [0.3, 0.4) is 0 Å². The number of ether oxygens (including phenoxy) is 1. The van der Waals surface area contributed by atoms with Gasteiger partial charge in [-0.15, -0.1) is 13.2 Å². The van der Waals surface area contributed by atoms with Gasteiger partial charge in [-0.05, 0) is 61.7 Å². The maximum Gasteiger partial charge on any atom is 0.573 e. The van der Waals surface area contributed by atoms with Gasteiger partial charge in [-0.3, -0.25) is 4.79 Å². The van der Waals surface area contributed by atoms with Gasteiger partial charge < -0.3 is 24.6 Å². The molecule has 0 saturated heterocycles. The molecular formula is C24H22F3N3O4. The summed E-state index contributed by atoms with van der Waals surface area (Å²) in [5.74, 6) is -0.237. The van der Waals surface area contributed by atoms with E-state index in [2.05, 4.69) is 15.2 Å². The van der Waals surface area contributed by atoms with Crippen LogP contribution in [0, 0.1) is 13.8 Å². The van der Waals surface area contributed by atoms with Crippen molar-refractivity contribution < 1.29 is 32.3 Å². The topological polar surface area (TPSA) is 87.8 Å².